The van der Waals surface area contributed by atoms with E-state index in [0.717, 1.165) is 39.0 Å². The predicted octanol–water partition coefficient (Wildman–Crippen LogP) is -0.649. The van der Waals surface area contributed by atoms with Crippen molar-refractivity contribution < 1.29 is 14.3 Å². The van der Waals surface area contributed by atoms with Crippen LogP contribution in [0.25, 0.3) is 0 Å². The van der Waals surface area contributed by atoms with E-state index in [0.29, 0.717) is 32.2 Å². The van der Waals surface area contributed by atoms with Gasteiger partial charge in [0.1, 0.15) is 0 Å². The Hall–Kier alpha value is -1.14. The summed E-state index contributed by atoms with van der Waals surface area (Å²) in [6.07, 6.45) is 2.99. The smallest absolute Gasteiger partial charge is 0.311 e. The van der Waals surface area contributed by atoms with Crippen LogP contribution in [-0.4, -0.2) is 62.7 Å². The van der Waals surface area contributed by atoms with Crippen LogP contribution in [0.1, 0.15) is 19.3 Å². The topological polar surface area (TPSA) is 70.7 Å². The zero-order chi connectivity index (χ0) is 13.5. The van der Waals surface area contributed by atoms with E-state index < -0.39 is 11.8 Å². The Morgan fingerprint density at radius 2 is 2.16 bits per heavy atom. The molecule has 1 atom stereocenters. The minimum absolute atomic E-state index is 0.344. The van der Waals surface area contributed by atoms with Crippen LogP contribution in [0.3, 0.4) is 0 Å². The SMILES string of the molecule is O=C(NCC1CCCOC1)C(=O)N1CCCNCC1. The molecule has 2 N–H and O–H groups in total. The molecule has 0 radical (unpaired) electrons. The summed E-state index contributed by atoms with van der Waals surface area (Å²) >= 11 is 0. The second kappa shape index (κ2) is 7.45. The lowest BCUT2D eigenvalue weighted by Gasteiger charge is -2.23. The van der Waals surface area contributed by atoms with Gasteiger partial charge in [0.15, 0.2) is 0 Å². The van der Waals surface area contributed by atoms with E-state index in [2.05, 4.69) is 10.6 Å². The van der Waals surface area contributed by atoms with Crippen LogP contribution in [0.4, 0.5) is 0 Å². The summed E-state index contributed by atoms with van der Waals surface area (Å²) in [5.41, 5.74) is 0. The van der Waals surface area contributed by atoms with Crippen LogP contribution in [0.2, 0.25) is 0 Å². The molecule has 0 bridgehead atoms. The Balaban J connectivity index is 1.73. The zero-order valence-electron chi connectivity index (χ0n) is 11.3. The standard InChI is InChI=1S/C13H23N3O3/c17-12(15-9-11-3-1-8-19-10-11)13(18)16-6-2-4-14-5-7-16/h11,14H,1-10H2,(H,15,17). The first kappa shape index (κ1) is 14.3. The van der Waals surface area contributed by atoms with Gasteiger partial charge >= 0.3 is 11.8 Å². The Labute approximate surface area is 113 Å². The van der Waals surface area contributed by atoms with Crippen molar-refractivity contribution in [3.8, 4) is 0 Å². The van der Waals surface area contributed by atoms with Gasteiger partial charge in [-0.25, -0.2) is 0 Å². The van der Waals surface area contributed by atoms with E-state index in [1.54, 1.807) is 4.90 Å². The summed E-state index contributed by atoms with van der Waals surface area (Å²) in [5, 5.41) is 5.95. The first-order valence-electron chi connectivity index (χ1n) is 7.13. The van der Waals surface area contributed by atoms with Crippen LogP contribution in [0.5, 0.6) is 0 Å². The number of amides is 2. The Bertz CT molecular complexity index is 308. The number of nitrogens with one attached hydrogen (secondary N) is 2. The maximum absolute atomic E-state index is 12.0. The Morgan fingerprint density at radius 1 is 1.26 bits per heavy atom. The van der Waals surface area contributed by atoms with Gasteiger partial charge in [-0.15, -0.1) is 0 Å². The summed E-state index contributed by atoms with van der Waals surface area (Å²) in [6.45, 7) is 4.97. The monoisotopic (exact) mass is 269 g/mol. The highest BCUT2D eigenvalue weighted by Crippen LogP contribution is 2.12. The quantitative estimate of drug-likeness (QED) is 0.654. The highest BCUT2D eigenvalue weighted by Gasteiger charge is 2.23. The van der Waals surface area contributed by atoms with Crippen molar-refractivity contribution in [2.45, 2.75) is 19.3 Å². The van der Waals surface area contributed by atoms with Crippen molar-refractivity contribution in [1.82, 2.24) is 15.5 Å². The lowest BCUT2D eigenvalue weighted by Crippen LogP contribution is -2.46. The second-order valence-corrected chi connectivity index (χ2v) is 5.19. The zero-order valence-corrected chi connectivity index (χ0v) is 11.3. The molecular weight excluding hydrogens is 246 g/mol. The van der Waals surface area contributed by atoms with Crippen molar-refractivity contribution in [3.05, 3.63) is 0 Å². The molecule has 0 saturated carbocycles. The van der Waals surface area contributed by atoms with Gasteiger partial charge in [0.05, 0.1) is 6.61 Å². The summed E-state index contributed by atoms with van der Waals surface area (Å²) < 4.78 is 5.35. The van der Waals surface area contributed by atoms with E-state index >= 15 is 0 Å². The first-order valence-corrected chi connectivity index (χ1v) is 7.13. The van der Waals surface area contributed by atoms with Gasteiger partial charge in [-0.05, 0) is 31.7 Å². The Kier molecular flexibility index (Phi) is 5.60. The molecule has 0 aliphatic carbocycles. The maximum atomic E-state index is 12.0. The van der Waals surface area contributed by atoms with Gasteiger partial charge in [-0.1, -0.05) is 0 Å². The number of carbonyl (C=O) groups is 2. The summed E-state index contributed by atoms with van der Waals surface area (Å²) in [4.78, 5) is 25.4. The lowest BCUT2D eigenvalue weighted by molar-refractivity contribution is -0.145. The molecule has 108 valence electrons. The minimum Gasteiger partial charge on any atom is -0.381 e. The molecule has 2 rings (SSSR count). The molecule has 0 aromatic heterocycles. The highest BCUT2D eigenvalue weighted by molar-refractivity contribution is 6.35. The fraction of sp³-hybridized carbons (Fsp3) is 0.846. The number of rotatable bonds is 2. The van der Waals surface area contributed by atoms with Gasteiger partial charge in [0, 0.05) is 32.8 Å². The van der Waals surface area contributed by atoms with Gasteiger partial charge < -0.3 is 20.3 Å². The fourth-order valence-electron chi connectivity index (χ4n) is 2.47. The average Bonchev–Trinajstić information content (AvgIpc) is 2.74. The Morgan fingerprint density at radius 3 is 2.95 bits per heavy atom. The maximum Gasteiger partial charge on any atom is 0.311 e. The van der Waals surface area contributed by atoms with Crippen LogP contribution in [0.15, 0.2) is 0 Å². The number of hydrogen-bond donors (Lipinski definition) is 2. The lowest BCUT2D eigenvalue weighted by atomic mass is 10.0. The van der Waals surface area contributed by atoms with Gasteiger partial charge in [0.25, 0.3) is 0 Å². The molecule has 2 saturated heterocycles. The van der Waals surface area contributed by atoms with Crippen molar-refractivity contribution in [3.63, 3.8) is 0 Å². The van der Waals surface area contributed by atoms with Gasteiger partial charge in [-0.2, -0.15) is 0 Å². The minimum atomic E-state index is -0.479. The molecule has 19 heavy (non-hydrogen) atoms. The number of ether oxygens (including phenoxy) is 1. The number of nitrogens with zero attached hydrogens (tertiary/aromatic N) is 1. The third-order valence-electron chi connectivity index (χ3n) is 3.63. The molecule has 0 aromatic carbocycles. The number of carbonyl (C=O) groups excluding carboxylic acids is 2. The first-order chi connectivity index (χ1) is 9.27. The van der Waals surface area contributed by atoms with E-state index in [9.17, 15) is 9.59 Å². The fourth-order valence-corrected chi connectivity index (χ4v) is 2.47. The van der Waals surface area contributed by atoms with E-state index in [4.69, 9.17) is 4.74 Å². The van der Waals surface area contributed by atoms with E-state index in [1.165, 1.54) is 0 Å². The van der Waals surface area contributed by atoms with E-state index in [1.807, 2.05) is 0 Å². The van der Waals surface area contributed by atoms with Crippen LogP contribution >= 0.6 is 0 Å². The van der Waals surface area contributed by atoms with E-state index in [-0.39, 0.29) is 0 Å². The summed E-state index contributed by atoms with van der Waals surface area (Å²) in [7, 11) is 0. The molecular formula is C13H23N3O3. The average molecular weight is 269 g/mol. The molecule has 6 heteroatoms. The molecule has 2 aliphatic rings. The third kappa shape index (κ3) is 4.47. The van der Waals surface area contributed by atoms with Crippen molar-refractivity contribution in [1.29, 1.82) is 0 Å². The van der Waals surface area contributed by atoms with Crippen molar-refractivity contribution >= 4 is 11.8 Å². The van der Waals surface area contributed by atoms with Crippen molar-refractivity contribution in [2.75, 3.05) is 45.9 Å². The molecule has 2 fully saturated rings. The molecule has 0 aromatic rings. The molecule has 0 spiro atoms. The normalized spacial score (nSPS) is 24.6. The van der Waals surface area contributed by atoms with Gasteiger partial charge in [0.2, 0.25) is 0 Å². The largest absolute Gasteiger partial charge is 0.381 e. The predicted molar refractivity (Wildman–Crippen MR) is 70.6 cm³/mol. The highest BCUT2D eigenvalue weighted by atomic mass is 16.5. The molecule has 2 amide bonds. The third-order valence-corrected chi connectivity index (χ3v) is 3.63. The summed E-state index contributed by atoms with van der Waals surface area (Å²) in [6, 6.07) is 0. The second-order valence-electron chi connectivity index (χ2n) is 5.19. The molecule has 1 unspecified atom stereocenters. The summed E-state index contributed by atoms with van der Waals surface area (Å²) in [5.74, 6) is -0.538. The van der Waals surface area contributed by atoms with Crippen LogP contribution < -0.4 is 10.6 Å². The molecule has 2 heterocycles. The van der Waals surface area contributed by atoms with Crippen LogP contribution in [-0.2, 0) is 14.3 Å². The number of hydrogen-bond acceptors (Lipinski definition) is 4. The van der Waals surface area contributed by atoms with Crippen LogP contribution in [0, 0.1) is 5.92 Å². The van der Waals surface area contributed by atoms with Gasteiger partial charge in [-0.3, -0.25) is 9.59 Å². The molecule has 2 aliphatic heterocycles. The molecule has 6 nitrogen and oxygen atoms in total. The van der Waals surface area contributed by atoms with Crippen molar-refractivity contribution in [2.24, 2.45) is 5.92 Å².